The van der Waals surface area contributed by atoms with E-state index in [0.29, 0.717) is 10.9 Å². The van der Waals surface area contributed by atoms with Crippen molar-refractivity contribution in [2.75, 3.05) is 6.54 Å². The molecule has 1 rings (SSSR count). The molecule has 0 aromatic carbocycles. The number of hydrogen-bond donors (Lipinski definition) is 2. The lowest BCUT2D eigenvalue weighted by atomic mass is 9.77. The molecule has 4 heteroatoms. The first kappa shape index (κ1) is 15.4. The van der Waals surface area contributed by atoms with Gasteiger partial charge >= 0.3 is 0 Å². The Bertz CT molecular complexity index is 294. The lowest BCUT2D eigenvalue weighted by molar-refractivity contribution is -0.128. The summed E-state index contributed by atoms with van der Waals surface area (Å²) in [6, 6.07) is 0. The zero-order valence-electron chi connectivity index (χ0n) is 11.6. The van der Waals surface area contributed by atoms with Gasteiger partial charge in [-0.05, 0) is 31.6 Å². The third-order valence-corrected chi connectivity index (χ3v) is 4.43. The van der Waals surface area contributed by atoms with Crippen molar-refractivity contribution in [3.05, 3.63) is 0 Å². The molecule has 0 atom stereocenters. The molecule has 0 unspecified atom stereocenters. The summed E-state index contributed by atoms with van der Waals surface area (Å²) in [6.45, 7) is 4.93. The minimum Gasteiger partial charge on any atom is -0.392 e. The van der Waals surface area contributed by atoms with Crippen LogP contribution in [0.1, 0.15) is 58.8 Å². The smallest absolute Gasteiger partial charge is 0.233 e. The molecule has 18 heavy (non-hydrogen) atoms. The standard InChI is InChI=1S/C14H26N2OS/c1-3-8-14(9-4-2,12(15)18)13(17)16-10-11-6-5-7-11/h11H,3-10H2,1-2H3,(H2,15,18)(H,16,17). The molecule has 3 N–H and O–H groups in total. The van der Waals surface area contributed by atoms with E-state index in [-0.39, 0.29) is 5.91 Å². The molecule has 0 spiro atoms. The Morgan fingerprint density at radius 2 is 1.89 bits per heavy atom. The monoisotopic (exact) mass is 270 g/mol. The van der Waals surface area contributed by atoms with Gasteiger partial charge in [0.2, 0.25) is 5.91 Å². The topological polar surface area (TPSA) is 55.1 Å². The van der Waals surface area contributed by atoms with Gasteiger partial charge in [0, 0.05) is 6.54 Å². The molecule has 104 valence electrons. The van der Waals surface area contributed by atoms with Crippen LogP contribution >= 0.6 is 12.2 Å². The van der Waals surface area contributed by atoms with Gasteiger partial charge in [-0.2, -0.15) is 0 Å². The molecule has 1 amide bonds. The summed E-state index contributed by atoms with van der Waals surface area (Å²) in [6.07, 6.45) is 7.14. The van der Waals surface area contributed by atoms with E-state index < -0.39 is 5.41 Å². The molecular formula is C14H26N2OS. The Morgan fingerprint density at radius 3 is 2.22 bits per heavy atom. The van der Waals surface area contributed by atoms with Crippen molar-refractivity contribution in [1.82, 2.24) is 5.32 Å². The second kappa shape index (κ2) is 7.07. The minimum atomic E-state index is -0.622. The first-order chi connectivity index (χ1) is 8.56. The van der Waals surface area contributed by atoms with Crippen LogP contribution in [0.5, 0.6) is 0 Å². The Morgan fingerprint density at radius 1 is 1.33 bits per heavy atom. The maximum Gasteiger partial charge on any atom is 0.233 e. The number of carbonyl (C=O) groups is 1. The summed E-state index contributed by atoms with van der Waals surface area (Å²) in [7, 11) is 0. The Kier molecular flexibility index (Phi) is 6.06. The molecule has 0 aromatic heterocycles. The molecule has 1 aliphatic rings. The average Bonchev–Trinajstić information content (AvgIpc) is 2.25. The SMILES string of the molecule is CCCC(CCC)(C(=O)NCC1CCC1)C(N)=S. The van der Waals surface area contributed by atoms with Crippen LogP contribution in [-0.4, -0.2) is 17.4 Å². The summed E-state index contributed by atoms with van der Waals surface area (Å²) in [5.74, 6) is 0.715. The molecule has 1 fully saturated rings. The molecule has 1 aliphatic carbocycles. The molecule has 3 nitrogen and oxygen atoms in total. The van der Waals surface area contributed by atoms with Crippen LogP contribution in [0, 0.1) is 11.3 Å². The summed E-state index contributed by atoms with van der Waals surface area (Å²) >= 11 is 5.18. The van der Waals surface area contributed by atoms with Crippen molar-refractivity contribution in [3.63, 3.8) is 0 Å². The van der Waals surface area contributed by atoms with Crippen LogP contribution in [-0.2, 0) is 4.79 Å². The van der Waals surface area contributed by atoms with Crippen LogP contribution in [0.15, 0.2) is 0 Å². The van der Waals surface area contributed by atoms with E-state index in [2.05, 4.69) is 19.2 Å². The highest BCUT2D eigenvalue weighted by Gasteiger charge is 2.39. The van der Waals surface area contributed by atoms with Gasteiger partial charge in [0.25, 0.3) is 0 Å². The third kappa shape index (κ3) is 3.44. The van der Waals surface area contributed by atoms with Crippen molar-refractivity contribution >= 4 is 23.1 Å². The number of thiocarbonyl (C=S) groups is 1. The van der Waals surface area contributed by atoms with E-state index in [9.17, 15) is 4.79 Å². The van der Waals surface area contributed by atoms with E-state index in [0.717, 1.165) is 32.2 Å². The largest absolute Gasteiger partial charge is 0.392 e. The van der Waals surface area contributed by atoms with Crippen molar-refractivity contribution in [1.29, 1.82) is 0 Å². The molecule has 0 radical (unpaired) electrons. The molecule has 0 saturated heterocycles. The third-order valence-electron chi connectivity index (χ3n) is 4.04. The minimum absolute atomic E-state index is 0.0469. The molecule has 0 heterocycles. The Balaban J connectivity index is 2.65. The van der Waals surface area contributed by atoms with Gasteiger partial charge < -0.3 is 11.1 Å². The van der Waals surface area contributed by atoms with Gasteiger partial charge in [-0.25, -0.2) is 0 Å². The lowest BCUT2D eigenvalue weighted by Gasteiger charge is -2.33. The Hall–Kier alpha value is -0.640. The number of hydrogen-bond acceptors (Lipinski definition) is 2. The van der Waals surface area contributed by atoms with Gasteiger partial charge in [0.1, 0.15) is 0 Å². The van der Waals surface area contributed by atoms with Gasteiger partial charge in [0.15, 0.2) is 0 Å². The number of nitrogens with two attached hydrogens (primary N) is 1. The maximum atomic E-state index is 12.5. The highest BCUT2D eigenvalue weighted by atomic mass is 32.1. The lowest BCUT2D eigenvalue weighted by Crippen LogP contribution is -2.50. The fourth-order valence-electron chi connectivity index (χ4n) is 2.67. The first-order valence-corrected chi connectivity index (χ1v) is 7.55. The van der Waals surface area contributed by atoms with E-state index in [1.165, 1.54) is 19.3 Å². The molecule has 0 aliphatic heterocycles. The second-order valence-corrected chi connectivity index (χ2v) is 5.89. The van der Waals surface area contributed by atoms with Gasteiger partial charge in [-0.15, -0.1) is 0 Å². The van der Waals surface area contributed by atoms with E-state index in [4.69, 9.17) is 18.0 Å². The Labute approximate surface area is 116 Å². The zero-order valence-corrected chi connectivity index (χ0v) is 12.4. The van der Waals surface area contributed by atoms with Gasteiger partial charge in [0.05, 0.1) is 10.4 Å². The van der Waals surface area contributed by atoms with Crippen LogP contribution < -0.4 is 11.1 Å². The average molecular weight is 270 g/mol. The van der Waals surface area contributed by atoms with Crippen LogP contribution in [0.3, 0.4) is 0 Å². The number of amides is 1. The maximum absolute atomic E-state index is 12.5. The van der Waals surface area contributed by atoms with Crippen LogP contribution in [0.4, 0.5) is 0 Å². The number of nitrogens with one attached hydrogen (secondary N) is 1. The van der Waals surface area contributed by atoms with Crippen molar-refractivity contribution in [2.24, 2.45) is 17.1 Å². The summed E-state index contributed by atoms with van der Waals surface area (Å²) < 4.78 is 0. The van der Waals surface area contributed by atoms with Gasteiger partial charge in [-0.3, -0.25) is 4.79 Å². The molecule has 1 saturated carbocycles. The molecular weight excluding hydrogens is 244 g/mol. The number of carbonyl (C=O) groups excluding carboxylic acids is 1. The second-order valence-electron chi connectivity index (χ2n) is 5.45. The summed E-state index contributed by atoms with van der Waals surface area (Å²) in [5, 5.41) is 3.07. The zero-order chi connectivity index (χ0) is 13.6. The van der Waals surface area contributed by atoms with E-state index >= 15 is 0 Å². The molecule has 0 bridgehead atoms. The van der Waals surface area contributed by atoms with Gasteiger partial charge in [-0.1, -0.05) is 45.3 Å². The number of rotatable bonds is 8. The predicted octanol–water partition coefficient (Wildman–Crippen LogP) is 2.78. The quantitative estimate of drug-likeness (QED) is 0.667. The summed E-state index contributed by atoms with van der Waals surface area (Å²) in [4.78, 5) is 12.8. The highest BCUT2D eigenvalue weighted by molar-refractivity contribution is 7.80. The van der Waals surface area contributed by atoms with Crippen molar-refractivity contribution < 1.29 is 4.79 Å². The fourth-order valence-corrected chi connectivity index (χ4v) is 2.96. The van der Waals surface area contributed by atoms with Crippen molar-refractivity contribution in [2.45, 2.75) is 58.8 Å². The molecule has 0 aromatic rings. The van der Waals surface area contributed by atoms with Crippen LogP contribution in [0.2, 0.25) is 0 Å². The first-order valence-electron chi connectivity index (χ1n) is 7.15. The van der Waals surface area contributed by atoms with E-state index in [1.807, 2.05) is 0 Å². The highest BCUT2D eigenvalue weighted by Crippen LogP contribution is 2.32. The van der Waals surface area contributed by atoms with Crippen molar-refractivity contribution in [3.8, 4) is 0 Å². The summed E-state index contributed by atoms with van der Waals surface area (Å²) in [5.41, 5.74) is 5.25. The van der Waals surface area contributed by atoms with Crippen LogP contribution in [0.25, 0.3) is 0 Å². The predicted molar refractivity (Wildman–Crippen MR) is 79.4 cm³/mol. The van der Waals surface area contributed by atoms with E-state index in [1.54, 1.807) is 0 Å². The normalized spacial score (nSPS) is 16.1. The fraction of sp³-hybridized carbons (Fsp3) is 0.857.